The van der Waals surface area contributed by atoms with Crippen molar-refractivity contribution in [2.24, 2.45) is 5.73 Å². The van der Waals surface area contributed by atoms with Gasteiger partial charge in [0.25, 0.3) is 0 Å². The van der Waals surface area contributed by atoms with Gasteiger partial charge in [0.05, 0.1) is 7.11 Å². The summed E-state index contributed by atoms with van der Waals surface area (Å²) in [5.74, 6) is 1.02. The molecule has 0 bridgehead atoms. The third-order valence-electron chi connectivity index (χ3n) is 3.41. The Kier molecular flexibility index (Phi) is 4.63. The van der Waals surface area contributed by atoms with E-state index in [1.807, 2.05) is 23.1 Å². The molecule has 1 heterocycles. The molecular weight excluding hydrogens is 242 g/mol. The molecule has 0 unspecified atom stereocenters. The van der Waals surface area contributed by atoms with E-state index in [-0.39, 0.29) is 5.91 Å². The Morgan fingerprint density at radius 2 is 2.05 bits per heavy atom. The van der Waals surface area contributed by atoms with Crippen LogP contribution in [0.2, 0.25) is 0 Å². The molecular formula is C14H21N3O2. The maximum Gasteiger partial charge on any atom is 0.223 e. The van der Waals surface area contributed by atoms with Crippen LogP contribution in [0.15, 0.2) is 24.3 Å². The molecule has 0 atom stereocenters. The number of nitrogens with zero attached hydrogens (tertiary/aromatic N) is 2. The fourth-order valence-corrected chi connectivity index (χ4v) is 2.30. The van der Waals surface area contributed by atoms with E-state index in [9.17, 15) is 4.79 Å². The number of nitrogens with two attached hydrogens (primary N) is 1. The average molecular weight is 263 g/mol. The van der Waals surface area contributed by atoms with E-state index in [0.29, 0.717) is 13.0 Å². The second kappa shape index (κ2) is 6.43. The van der Waals surface area contributed by atoms with Gasteiger partial charge in [0.1, 0.15) is 5.75 Å². The van der Waals surface area contributed by atoms with Gasteiger partial charge in [0.2, 0.25) is 5.91 Å². The minimum atomic E-state index is 0.160. The van der Waals surface area contributed by atoms with Gasteiger partial charge in [-0.2, -0.15) is 0 Å². The van der Waals surface area contributed by atoms with Crippen LogP contribution in [0.3, 0.4) is 0 Å². The van der Waals surface area contributed by atoms with Gasteiger partial charge in [-0.1, -0.05) is 6.07 Å². The van der Waals surface area contributed by atoms with E-state index < -0.39 is 0 Å². The maximum atomic E-state index is 11.7. The fraction of sp³-hybridized carbons (Fsp3) is 0.500. The number of amides is 1. The lowest BCUT2D eigenvalue weighted by Crippen LogP contribution is -2.49. The Bertz CT molecular complexity index is 428. The summed E-state index contributed by atoms with van der Waals surface area (Å²) in [6, 6.07) is 8.02. The second-order valence-electron chi connectivity index (χ2n) is 4.61. The molecule has 1 aliphatic rings. The van der Waals surface area contributed by atoms with Crippen molar-refractivity contribution in [3.8, 4) is 5.75 Å². The summed E-state index contributed by atoms with van der Waals surface area (Å²) in [6.45, 7) is 3.65. The number of hydrogen-bond donors (Lipinski definition) is 1. The summed E-state index contributed by atoms with van der Waals surface area (Å²) in [5.41, 5.74) is 6.56. The topological polar surface area (TPSA) is 58.8 Å². The van der Waals surface area contributed by atoms with Crippen molar-refractivity contribution in [1.29, 1.82) is 0 Å². The summed E-state index contributed by atoms with van der Waals surface area (Å²) in [6.07, 6.45) is 0.444. The summed E-state index contributed by atoms with van der Waals surface area (Å²) in [7, 11) is 1.67. The summed E-state index contributed by atoms with van der Waals surface area (Å²) in [4.78, 5) is 15.9. The molecule has 0 aliphatic carbocycles. The van der Waals surface area contributed by atoms with Crippen LogP contribution < -0.4 is 15.4 Å². The van der Waals surface area contributed by atoms with Gasteiger partial charge in [0, 0.05) is 50.9 Å². The van der Waals surface area contributed by atoms with Crippen LogP contribution in [0.4, 0.5) is 5.69 Å². The van der Waals surface area contributed by atoms with Crippen molar-refractivity contribution in [2.75, 3.05) is 44.7 Å². The van der Waals surface area contributed by atoms with Gasteiger partial charge in [-0.25, -0.2) is 0 Å². The molecule has 1 aromatic rings. The number of carbonyl (C=O) groups excluding carboxylic acids is 1. The third-order valence-corrected chi connectivity index (χ3v) is 3.41. The molecule has 1 saturated heterocycles. The molecule has 104 valence electrons. The zero-order valence-electron chi connectivity index (χ0n) is 11.3. The normalized spacial score (nSPS) is 15.5. The van der Waals surface area contributed by atoms with Gasteiger partial charge in [0.15, 0.2) is 0 Å². The Hall–Kier alpha value is -1.75. The monoisotopic (exact) mass is 263 g/mol. The highest BCUT2D eigenvalue weighted by Gasteiger charge is 2.20. The Morgan fingerprint density at radius 1 is 1.32 bits per heavy atom. The molecule has 2 N–H and O–H groups in total. The molecule has 0 saturated carbocycles. The van der Waals surface area contributed by atoms with Crippen molar-refractivity contribution in [2.45, 2.75) is 6.42 Å². The quantitative estimate of drug-likeness (QED) is 0.868. The molecule has 1 fully saturated rings. The second-order valence-corrected chi connectivity index (χ2v) is 4.61. The lowest BCUT2D eigenvalue weighted by molar-refractivity contribution is -0.131. The maximum absolute atomic E-state index is 11.7. The summed E-state index contributed by atoms with van der Waals surface area (Å²) >= 11 is 0. The van der Waals surface area contributed by atoms with E-state index in [4.69, 9.17) is 10.5 Å². The molecule has 2 rings (SSSR count). The number of hydrogen-bond acceptors (Lipinski definition) is 4. The molecule has 5 heteroatoms. The first-order chi connectivity index (χ1) is 9.24. The minimum Gasteiger partial charge on any atom is -0.497 e. The van der Waals surface area contributed by atoms with Crippen molar-refractivity contribution < 1.29 is 9.53 Å². The number of ether oxygens (including phenoxy) is 1. The molecule has 19 heavy (non-hydrogen) atoms. The Balaban J connectivity index is 1.94. The average Bonchev–Trinajstić information content (AvgIpc) is 2.48. The standard InChI is InChI=1S/C14H21N3O2/c1-19-13-4-2-3-12(11-13)16-7-9-17(10-8-16)14(18)5-6-15/h2-4,11H,5-10,15H2,1H3. The van der Waals surface area contributed by atoms with Gasteiger partial charge < -0.3 is 20.3 Å². The first kappa shape index (κ1) is 13.7. The highest BCUT2D eigenvalue weighted by molar-refractivity contribution is 5.76. The van der Waals surface area contributed by atoms with E-state index in [1.54, 1.807) is 7.11 Å². The highest BCUT2D eigenvalue weighted by atomic mass is 16.5. The Morgan fingerprint density at radius 3 is 2.68 bits per heavy atom. The van der Waals surface area contributed by atoms with Crippen LogP contribution in [0.5, 0.6) is 5.75 Å². The minimum absolute atomic E-state index is 0.160. The van der Waals surface area contributed by atoms with Gasteiger partial charge in [-0.3, -0.25) is 4.79 Å². The van der Waals surface area contributed by atoms with Crippen LogP contribution in [0.1, 0.15) is 6.42 Å². The lowest BCUT2D eigenvalue weighted by atomic mass is 10.2. The smallest absolute Gasteiger partial charge is 0.223 e. The van der Waals surface area contributed by atoms with Crippen molar-refractivity contribution in [3.63, 3.8) is 0 Å². The molecule has 1 aromatic carbocycles. The SMILES string of the molecule is COc1cccc(N2CCN(C(=O)CCN)CC2)c1. The lowest BCUT2D eigenvalue weighted by Gasteiger charge is -2.36. The molecule has 5 nitrogen and oxygen atoms in total. The van der Waals surface area contributed by atoms with E-state index >= 15 is 0 Å². The summed E-state index contributed by atoms with van der Waals surface area (Å²) in [5, 5.41) is 0. The van der Waals surface area contributed by atoms with E-state index in [0.717, 1.165) is 37.6 Å². The predicted molar refractivity (Wildman–Crippen MR) is 75.5 cm³/mol. The van der Waals surface area contributed by atoms with Crippen molar-refractivity contribution in [1.82, 2.24) is 4.90 Å². The summed E-state index contributed by atoms with van der Waals surface area (Å²) < 4.78 is 5.23. The number of rotatable bonds is 4. The number of benzene rings is 1. The number of anilines is 1. The van der Waals surface area contributed by atoms with Crippen LogP contribution in [-0.2, 0) is 4.79 Å². The van der Waals surface area contributed by atoms with Crippen LogP contribution in [0.25, 0.3) is 0 Å². The number of methoxy groups -OCH3 is 1. The Labute approximate surface area is 113 Å². The first-order valence-corrected chi connectivity index (χ1v) is 6.61. The van der Waals surface area contributed by atoms with Crippen LogP contribution in [-0.4, -0.2) is 50.6 Å². The highest BCUT2D eigenvalue weighted by Crippen LogP contribution is 2.22. The predicted octanol–water partition coefficient (Wildman–Crippen LogP) is 0.693. The van der Waals surface area contributed by atoms with Crippen LogP contribution >= 0.6 is 0 Å². The van der Waals surface area contributed by atoms with E-state index in [2.05, 4.69) is 11.0 Å². The number of carbonyl (C=O) groups is 1. The molecule has 0 radical (unpaired) electrons. The molecule has 0 spiro atoms. The number of piperazine rings is 1. The van der Waals surface area contributed by atoms with Gasteiger partial charge in [-0.05, 0) is 12.1 Å². The third kappa shape index (κ3) is 3.38. The zero-order valence-corrected chi connectivity index (χ0v) is 11.3. The van der Waals surface area contributed by atoms with Gasteiger partial charge >= 0.3 is 0 Å². The molecule has 1 aliphatic heterocycles. The van der Waals surface area contributed by atoms with Crippen molar-refractivity contribution in [3.05, 3.63) is 24.3 Å². The fourth-order valence-electron chi connectivity index (χ4n) is 2.30. The van der Waals surface area contributed by atoms with Crippen LogP contribution in [0, 0.1) is 0 Å². The zero-order chi connectivity index (χ0) is 13.7. The van der Waals surface area contributed by atoms with Crippen molar-refractivity contribution >= 4 is 11.6 Å². The van der Waals surface area contributed by atoms with Gasteiger partial charge in [-0.15, -0.1) is 0 Å². The molecule has 0 aromatic heterocycles. The first-order valence-electron chi connectivity index (χ1n) is 6.61. The molecule has 1 amide bonds. The largest absolute Gasteiger partial charge is 0.497 e. The van der Waals surface area contributed by atoms with E-state index in [1.165, 1.54) is 0 Å².